The Morgan fingerprint density at radius 3 is 0.759 bits per heavy atom. The normalized spacial score (nSPS) is 21.9. The average Bonchev–Trinajstić information content (AvgIpc) is 3.80. The highest BCUT2D eigenvalue weighted by molar-refractivity contribution is 8.29. The van der Waals surface area contributed by atoms with E-state index in [-0.39, 0.29) is 0 Å². The smallest absolute Gasteiger partial charge is 0.0789 e. The van der Waals surface area contributed by atoms with Gasteiger partial charge in [0.1, 0.15) is 0 Å². The van der Waals surface area contributed by atoms with Gasteiger partial charge >= 0.3 is 0 Å². The molecule has 0 fully saturated rings. The zero-order chi connectivity index (χ0) is 36.9. The van der Waals surface area contributed by atoms with Crippen molar-refractivity contribution < 1.29 is 47.4 Å². The van der Waals surface area contributed by atoms with E-state index in [2.05, 4.69) is 60.7 Å². The summed E-state index contributed by atoms with van der Waals surface area (Å²) in [6, 6.07) is 21.4. The van der Waals surface area contributed by atoms with Gasteiger partial charge in [-0.05, 0) is 11.1 Å². The average molecular weight is 819 g/mol. The molecule has 2 aromatic rings. The Balaban J connectivity index is 1.31. The highest BCUT2D eigenvalue weighted by Crippen LogP contribution is 2.59. The molecule has 14 heteroatoms. The van der Waals surface area contributed by atoms with Gasteiger partial charge in [-0.2, -0.15) is 0 Å². The minimum atomic E-state index is 0.476. The van der Waals surface area contributed by atoms with Gasteiger partial charge in [-0.25, -0.2) is 0 Å². The molecule has 0 saturated heterocycles. The molecular formula is C40H50O10S4. The van der Waals surface area contributed by atoms with Crippen molar-refractivity contribution in [2.75, 3.05) is 132 Å². The molecule has 0 amide bonds. The van der Waals surface area contributed by atoms with E-state index < -0.39 is 0 Å². The first-order chi connectivity index (χ1) is 26.9. The predicted octanol–water partition coefficient (Wildman–Crippen LogP) is 7.30. The van der Waals surface area contributed by atoms with Crippen LogP contribution in [0, 0.1) is 0 Å². The summed E-state index contributed by atoms with van der Waals surface area (Å²) in [7, 11) is 0. The third-order valence-corrected chi connectivity index (χ3v) is 13.4. The predicted molar refractivity (Wildman–Crippen MR) is 219 cm³/mol. The minimum absolute atomic E-state index is 0.476. The maximum atomic E-state index is 6.17. The number of thioether (sulfide) groups is 4. The fourth-order valence-electron chi connectivity index (χ4n) is 5.51. The van der Waals surface area contributed by atoms with Crippen LogP contribution in [0.4, 0.5) is 0 Å². The van der Waals surface area contributed by atoms with Crippen LogP contribution < -0.4 is 0 Å². The van der Waals surface area contributed by atoms with Gasteiger partial charge in [0.25, 0.3) is 0 Å². The summed E-state index contributed by atoms with van der Waals surface area (Å²) >= 11 is 7.10. The van der Waals surface area contributed by atoms with Gasteiger partial charge in [-0.3, -0.25) is 0 Å². The molecule has 0 radical (unpaired) electrons. The summed E-state index contributed by atoms with van der Waals surface area (Å²) in [4.78, 5) is 4.60. The van der Waals surface area contributed by atoms with Crippen LogP contribution in [0.3, 0.4) is 0 Å². The molecule has 6 rings (SSSR count). The summed E-state index contributed by atoms with van der Waals surface area (Å²) in [6.45, 7) is 10.2. The third-order valence-electron chi connectivity index (χ3n) is 8.18. The number of hydrogen-bond acceptors (Lipinski definition) is 14. The lowest BCUT2D eigenvalue weighted by atomic mass is 9.95. The van der Waals surface area contributed by atoms with Crippen molar-refractivity contribution in [1.82, 2.24) is 0 Å². The Bertz CT molecular complexity index is 1370. The first kappa shape index (κ1) is 42.0. The SMILES string of the molecule is c1ccc(C(=C2SC3=C(COCCOCCOCCOCCOC3)S2)C(=C2SC3=C(COCCOCCOCCOCCOC3)S2)c2ccccc2)cc1. The summed E-state index contributed by atoms with van der Waals surface area (Å²) < 4.78 is 61.1. The van der Waals surface area contributed by atoms with Gasteiger partial charge in [0.05, 0.1) is 141 Å². The van der Waals surface area contributed by atoms with Crippen LogP contribution in [0.15, 0.2) is 88.8 Å². The summed E-state index contributed by atoms with van der Waals surface area (Å²) in [5.74, 6) is 0. The molecule has 2 aromatic carbocycles. The van der Waals surface area contributed by atoms with Crippen molar-refractivity contribution in [3.8, 4) is 0 Å². The van der Waals surface area contributed by atoms with E-state index in [9.17, 15) is 0 Å². The number of allylic oxidation sites excluding steroid dienone is 2. The molecule has 0 bridgehead atoms. The fourth-order valence-corrected chi connectivity index (χ4v) is 11.0. The van der Waals surface area contributed by atoms with Crippen LogP contribution in [0.2, 0.25) is 0 Å². The van der Waals surface area contributed by atoms with Gasteiger partial charge < -0.3 is 47.4 Å². The van der Waals surface area contributed by atoms with Crippen molar-refractivity contribution >= 4 is 58.2 Å². The molecule has 0 atom stereocenters. The zero-order valence-electron chi connectivity index (χ0n) is 30.6. The van der Waals surface area contributed by atoms with Gasteiger partial charge in [-0.1, -0.05) is 108 Å². The van der Waals surface area contributed by atoms with Gasteiger partial charge in [-0.15, -0.1) is 0 Å². The largest absolute Gasteiger partial charge is 0.377 e. The van der Waals surface area contributed by atoms with Crippen LogP contribution in [-0.2, 0) is 47.4 Å². The lowest BCUT2D eigenvalue weighted by Gasteiger charge is -2.19. The highest BCUT2D eigenvalue weighted by atomic mass is 32.2. The maximum absolute atomic E-state index is 6.17. The fraction of sp³-hybridized carbons (Fsp3) is 0.500. The molecule has 0 aromatic heterocycles. The van der Waals surface area contributed by atoms with Crippen molar-refractivity contribution in [3.05, 3.63) is 99.9 Å². The van der Waals surface area contributed by atoms with Gasteiger partial charge in [0.15, 0.2) is 0 Å². The van der Waals surface area contributed by atoms with Gasteiger partial charge in [0.2, 0.25) is 0 Å². The Labute approximate surface area is 336 Å². The summed E-state index contributed by atoms with van der Waals surface area (Å²) in [6.07, 6.45) is 0. The topological polar surface area (TPSA) is 92.3 Å². The van der Waals surface area contributed by atoms with Crippen molar-refractivity contribution in [1.29, 1.82) is 0 Å². The molecule has 294 valence electrons. The lowest BCUT2D eigenvalue weighted by Crippen LogP contribution is -2.13. The second-order valence-corrected chi connectivity index (χ2v) is 17.0. The van der Waals surface area contributed by atoms with Crippen LogP contribution >= 0.6 is 47.0 Å². The molecule has 4 heterocycles. The number of benzene rings is 2. The van der Waals surface area contributed by atoms with Crippen molar-refractivity contribution in [2.24, 2.45) is 0 Å². The van der Waals surface area contributed by atoms with E-state index in [1.165, 1.54) is 19.6 Å². The first-order valence-electron chi connectivity index (χ1n) is 18.4. The second-order valence-electron chi connectivity index (χ2n) is 12.0. The van der Waals surface area contributed by atoms with Crippen molar-refractivity contribution in [2.45, 2.75) is 0 Å². The Morgan fingerprint density at radius 2 is 0.519 bits per heavy atom. The summed E-state index contributed by atoms with van der Waals surface area (Å²) in [5.41, 5.74) is 4.63. The Hall–Kier alpha value is -1.60. The molecule has 4 aliphatic heterocycles. The lowest BCUT2D eigenvalue weighted by molar-refractivity contribution is -0.00677. The number of rotatable bonds is 3. The Kier molecular flexibility index (Phi) is 19.4. The standard InChI is InChI=1S/C40H50O10S4/c1-3-7-31(8-4-1)37(39-51-33-27-47-23-19-43-15-11-41-12-16-44-20-24-48-28-34(33)52-39)38(32-9-5-2-6-10-32)40-53-35-29-49-25-21-45-17-13-42-14-18-46-22-26-50-30-36(35)54-40/h1-10H,11-30H2. The molecule has 4 aliphatic rings. The molecule has 0 aliphatic carbocycles. The highest BCUT2D eigenvalue weighted by Gasteiger charge is 2.32. The molecule has 0 N–H and O–H groups in total. The van der Waals surface area contributed by atoms with E-state index >= 15 is 0 Å². The maximum Gasteiger partial charge on any atom is 0.0789 e. The molecule has 10 nitrogen and oxygen atoms in total. The van der Waals surface area contributed by atoms with E-state index in [0.29, 0.717) is 132 Å². The van der Waals surface area contributed by atoms with Crippen LogP contribution in [-0.4, -0.2) is 132 Å². The third kappa shape index (κ3) is 13.8. The first-order valence-corrected chi connectivity index (χ1v) is 21.7. The van der Waals surface area contributed by atoms with Gasteiger partial charge in [0, 0.05) is 30.8 Å². The summed E-state index contributed by atoms with van der Waals surface area (Å²) in [5, 5.41) is 0. The number of ether oxygens (including phenoxy) is 10. The van der Waals surface area contributed by atoms with Crippen LogP contribution in [0.1, 0.15) is 11.1 Å². The van der Waals surface area contributed by atoms with E-state index in [4.69, 9.17) is 47.4 Å². The monoisotopic (exact) mass is 818 g/mol. The minimum Gasteiger partial charge on any atom is -0.377 e. The second kappa shape index (κ2) is 24.9. The quantitative estimate of drug-likeness (QED) is 0.310. The molecule has 54 heavy (non-hydrogen) atoms. The van der Waals surface area contributed by atoms with Crippen LogP contribution in [0.25, 0.3) is 11.1 Å². The van der Waals surface area contributed by atoms with E-state index in [1.807, 2.05) is 0 Å². The number of hydrogen-bond donors (Lipinski definition) is 0. The van der Waals surface area contributed by atoms with E-state index in [1.54, 1.807) is 47.0 Å². The molecular weight excluding hydrogens is 769 g/mol. The van der Waals surface area contributed by atoms with Crippen LogP contribution in [0.5, 0.6) is 0 Å². The molecule has 0 unspecified atom stereocenters. The molecule has 0 spiro atoms. The zero-order valence-corrected chi connectivity index (χ0v) is 33.9. The van der Waals surface area contributed by atoms with E-state index in [0.717, 1.165) is 30.7 Å². The molecule has 0 saturated carbocycles. The Morgan fingerprint density at radius 1 is 0.296 bits per heavy atom. The van der Waals surface area contributed by atoms with Crippen molar-refractivity contribution in [3.63, 3.8) is 0 Å².